The topological polar surface area (TPSA) is 40.5 Å². The number of carbonyl (C=O) groups is 1. The SMILES string of the molecule is CN(CC1CC1)C1(C(=O)O)CCCCCCC1. The number of aliphatic carboxylic acids is 1. The Hall–Kier alpha value is -0.570. The van der Waals surface area contributed by atoms with Gasteiger partial charge in [-0.15, -0.1) is 0 Å². The van der Waals surface area contributed by atoms with Gasteiger partial charge in [0.1, 0.15) is 5.54 Å². The quantitative estimate of drug-likeness (QED) is 0.820. The summed E-state index contributed by atoms with van der Waals surface area (Å²) in [6.07, 6.45) is 10.1. The highest BCUT2D eigenvalue weighted by atomic mass is 16.4. The van der Waals surface area contributed by atoms with Gasteiger partial charge in [-0.3, -0.25) is 9.69 Å². The summed E-state index contributed by atoms with van der Waals surface area (Å²) in [6.45, 7) is 0.978. The van der Waals surface area contributed by atoms with Gasteiger partial charge in [-0.1, -0.05) is 32.1 Å². The molecule has 98 valence electrons. The number of hydrogen-bond donors (Lipinski definition) is 1. The molecule has 0 atom stereocenters. The highest BCUT2D eigenvalue weighted by molar-refractivity contribution is 5.78. The molecule has 3 heteroatoms. The Morgan fingerprint density at radius 3 is 2.18 bits per heavy atom. The molecule has 0 aromatic heterocycles. The molecule has 2 rings (SSSR count). The lowest BCUT2D eigenvalue weighted by atomic mass is 9.82. The Morgan fingerprint density at radius 2 is 1.71 bits per heavy atom. The summed E-state index contributed by atoms with van der Waals surface area (Å²) in [6, 6.07) is 0. The van der Waals surface area contributed by atoms with E-state index in [-0.39, 0.29) is 0 Å². The minimum absolute atomic E-state index is 0.566. The average molecular weight is 239 g/mol. The summed E-state index contributed by atoms with van der Waals surface area (Å²) >= 11 is 0. The van der Waals surface area contributed by atoms with Crippen LogP contribution in [0.3, 0.4) is 0 Å². The maximum absolute atomic E-state index is 11.7. The van der Waals surface area contributed by atoms with Crippen molar-refractivity contribution in [3.05, 3.63) is 0 Å². The third-order valence-corrected chi connectivity index (χ3v) is 4.54. The largest absolute Gasteiger partial charge is 0.480 e. The van der Waals surface area contributed by atoms with Crippen LogP contribution >= 0.6 is 0 Å². The Kier molecular flexibility index (Phi) is 4.08. The van der Waals surface area contributed by atoms with Crippen molar-refractivity contribution >= 4 is 5.97 Å². The van der Waals surface area contributed by atoms with Crippen LogP contribution in [0.25, 0.3) is 0 Å². The van der Waals surface area contributed by atoms with Crippen molar-refractivity contribution in [1.29, 1.82) is 0 Å². The van der Waals surface area contributed by atoms with Gasteiger partial charge in [0, 0.05) is 6.54 Å². The predicted octanol–water partition coefficient (Wildman–Crippen LogP) is 2.90. The van der Waals surface area contributed by atoms with Crippen molar-refractivity contribution in [1.82, 2.24) is 4.90 Å². The summed E-state index contributed by atoms with van der Waals surface area (Å²) in [5, 5.41) is 9.67. The van der Waals surface area contributed by atoms with Gasteiger partial charge in [0.25, 0.3) is 0 Å². The molecule has 0 aromatic rings. The van der Waals surface area contributed by atoms with Crippen LogP contribution in [0.1, 0.15) is 57.8 Å². The van der Waals surface area contributed by atoms with E-state index in [1.54, 1.807) is 0 Å². The first-order chi connectivity index (χ1) is 8.15. The second-order valence-corrected chi connectivity index (χ2v) is 5.93. The molecule has 2 saturated carbocycles. The van der Waals surface area contributed by atoms with E-state index in [2.05, 4.69) is 4.90 Å². The van der Waals surface area contributed by atoms with Crippen LogP contribution in [-0.2, 0) is 4.79 Å². The van der Waals surface area contributed by atoms with E-state index in [1.165, 1.54) is 32.1 Å². The zero-order valence-corrected chi connectivity index (χ0v) is 11.0. The first-order valence-corrected chi connectivity index (χ1v) is 7.10. The van der Waals surface area contributed by atoms with Gasteiger partial charge in [0.15, 0.2) is 0 Å². The Labute approximate surface area is 104 Å². The monoisotopic (exact) mass is 239 g/mol. The molecule has 0 saturated heterocycles. The first-order valence-electron chi connectivity index (χ1n) is 7.10. The van der Waals surface area contributed by atoms with Gasteiger partial charge < -0.3 is 5.11 Å². The third-order valence-electron chi connectivity index (χ3n) is 4.54. The van der Waals surface area contributed by atoms with Crippen molar-refractivity contribution in [2.75, 3.05) is 13.6 Å². The smallest absolute Gasteiger partial charge is 0.324 e. The van der Waals surface area contributed by atoms with E-state index >= 15 is 0 Å². The fraction of sp³-hybridized carbons (Fsp3) is 0.929. The first kappa shape index (κ1) is 12.9. The number of hydrogen-bond acceptors (Lipinski definition) is 2. The second kappa shape index (κ2) is 5.38. The third kappa shape index (κ3) is 3.01. The van der Waals surface area contributed by atoms with Crippen molar-refractivity contribution in [3.8, 4) is 0 Å². The van der Waals surface area contributed by atoms with Gasteiger partial charge in [0.2, 0.25) is 0 Å². The van der Waals surface area contributed by atoms with Crippen LogP contribution in [-0.4, -0.2) is 35.1 Å². The molecule has 0 spiro atoms. The van der Waals surface area contributed by atoms with Gasteiger partial charge in [-0.2, -0.15) is 0 Å². The summed E-state index contributed by atoms with van der Waals surface area (Å²) in [7, 11) is 2.02. The molecule has 17 heavy (non-hydrogen) atoms. The highest BCUT2D eigenvalue weighted by Gasteiger charge is 2.43. The van der Waals surface area contributed by atoms with Crippen molar-refractivity contribution in [3.63, 3.8) is 0 Å². The molecule has 0 radical (unpaired) electrons. The molecule has 2 aliphatic carbocycles. The molecule has 0 bridgehead atoms. The van der Waals surface area contributed by atoms with Crippen LogP contribution < -0.4 is 0 Å². The van der Waals surface area contributed by atoms with Gasteiger partial charge >= 0.3 is 5.97 Å². The van der Waals surface area contributed by atoms with Crippen molar-refractivity contribution in [2.45, 2.75) is 63.3 Å². The Morgan fingerprint density at radius 1 is 1.18 bits per heavy atom. The highest BCUT2D eigenvalue weighted by Crippen LogP contribution is 2.36. The zero-order chi connectivity index (χ0) is 12.3. The molecule has 2 aliphatic rings. The fourth-order valence-electron chi connectivity index (χ4n) is 3.11. The summed E-state index contributed by atoms with van der Waals surface area (Å²) < 4.78 is 0. The lowest BCUT2D eigenvalue weighted by molar-refractivity contribution is -0.152. The molecule has 0 aliphatic heterocycles. The molecule has 2 fully saturated rings. The lowest BCUT2D eigenvalue weighted by Crippen LogP contribution is -2.53. The molecule has 0 aromatic carbocycles. The molecular formula is C14H25NO2. The van der Waals surface area contributed by atoms with E-state index in [0.717, 1.165) is 38.1 Å². The van der Waals surface area contributed by atoms with Crippen molar-refractivity contribution < 1.29 is 9.90 Å². The van der Waals surface area contributed by atoms with Crippen LogP contribution in [0.2, 0.25) is 0 Å². The molecule has 0 heterocycles. The van der Waals surface area contributed by atoms with E-state index in [4.69, 9.17) is 0 Å². The average Bonchev–Trinajstić information content (AvgIpc) is 3.00. The van der Waals surface area contributed by atoms with Crippen molar-refractivity contribution in [2.24, 2.45) is 5.92 Å². The normalized spacial score (nSPS) is 25.3. The second-order valence-electron chi connectivity index (χ2n) is 5.93. The van der Waals surface area contributed by atoms with Gasteiger partial charge in [-0.25, -0.2) is 0 Å². The standard InChI is InChI=1S/C14H25NO2/c1-15(11-12-7-8-12)14(13(16)17)9-5-3-2-4-6-10-14/h12H,2-11H2,1H3,(H,16,17). The predicted molar refractivity (Wildman–Crippen MR) is 68.0 cm³/mol. The number of rotatable bonds is 4. The number of carboxylic acids is 1. The minimum Gasteiger partial charge on any atom is -0.480 e. The Balaban J connectivity index is 2.06. The molecular weight excluding hydrogens is 214 g/mol. The van der Waals surface area contributed by atoms with Crippen LogP contribution in [0.5, 0.6) is 0 Å². The van der Waals surface area contributed by atoms with Crippen LogP contribution in [0, 0.1) is 5.92 Å². The number of nitrogens with zero attached hydrogens (tertiary/aromatic N) is 1. The number of likely N-dealkylation sites (N-methyl/N-ethyl adjacent to an activating group) is 1. The lowest BCUT2D eigenvalue weighted by Gasteiger charge is -2.39. The molecule has 0 unspecified atom stereocenters. The van der Waals surface area contributed by atoms with E-state index in [0.29, 0.717) is 0 Å². The van der Waals surface area contributed by atoms with Gasteiger partial charge in [0.05, 0.1) is 0 Å². The summed E-state index contributed by atoms with van der Waals surface area (Å²) in [4.78, 5) is 13.9. The maximum Gasteiger partial charge on any atom is 0.324 e. The van der Waals surface area contributed by atoms with E-state index in [1.807, 2.05) is 7.05 Å². The molecule has 3 nitrogen and oxygen atoms in total. The summed E-state index contributed by atoms with van der Waals surface area (Å²) in [5.41, 5.74) is -0.566. The number of carboxylic acid groups (broad SMARTS) is 1. The Bertz CT molecular complexity index is 265. The van der Waals surface area contributed by atoms with Crippen LogP contribution in [0.15, 0.2) is 0 Å². The molecule has 1 N–H and O–H groups in total. The van der Waals surface area contributed by atoms with E-state index < -0.39 is 11.5 Å². The molecule has 0 amide bonds. The van der Waals surface area contributed by atoms with Gasteiger partial charge in [-0.05, 0) is 38.6 Å². The maximum atomic E-state index is 11.7. The van der Waals surface area contributed by atoms with E-state index in [9.17, 15) is 9.90 Å². The minimum atomic E-state index is -0.595. The fourth-order valence-corrected chi connectivity index (χ4v) is 3.11. The zero-order valence-electron chi connectivity index (χ0n) is 11.0. The van der Waals surface area contributed by atoms with Crippen LogP contribution in [0.4, 0.5) is 0 Å². The summed E-state index contributed by atoms with van der Waals surface area (Å²) in [5.74, 6) is 0.171.